The van der Waals surface area contributed by atoms with Crippen molar-refractivity contribution in [1.29, 1.82) is 0 Å². The summed E-state index contributed by atoms with van der Waals surface area (Å²) < 4.78 is 52.6. The summed E-state index contributed by atoms with van der Waals surface area (Å²) in [6, 6.07) is 8.95. The predicted octanol–water partition coefficient (Wildman–Crippen LogP) is 5.43. The van der Waals surface area contributed by atoms with Crippen molar-refractivity contribution in [3.63, 3.8) is 0 Å². The summed E-state index contributed by atoms with van der Waals surface area (Å²) in [5, 5.41) is 4.60. The first-order valence-corrected chi connectivity index (χ1v) is 7.27. The summed E-state index contributed by atoms with van der Waals surface area (Å²) in [7, 11) is 0. The maximum Gasteiger partial charge on any atom is 0.416 e. The van der Waals surface area contributed by atoms with Gasteiger partial charge in [0.25, 0.3) is 0 Å². The van der Waals surface area contributed by atoms with Crippen LogP contribution in [0.15, 0.2) is 48.7 Å². The van der Waals surface area contributed by atoms with E-state index in [1.54, 1.807) is 12.1 Å². The van der Waals surface area contributed by atoms with Gasteiger partial charge in [-0.15, -0.1) is 11.6 Å². The number of aromatic nitrogens is 2. The van der Waals surface area contributed by atoms with E-state index in [0.717, 1.165) is 18.0 Å². The maximum atomic E-state index is 13.8. The van der Waals surface area contributed by atoms with Gasteiger partial charge in [0.05, 0.1) is 17.4 Å². The van der Waals surface area contributed by atoms with E-state index in [0.29, 0.717) is 11.1 Å². The third-order valence-corrected chi connectivity index (χ3v) is 2.98. The Morgan fingerprint density at radius 2 is 1.70 bits per heavy atom. The molecule has 1 aromatic heterocycles. The van der Waals surface area contributed by atoms with Crippen LogP contribution in [0.1, 0.15) is 12.5 Å². The fourth-order valence-electron chi connectivity index (χ4n) is 2.02. The van der Waals surface area contributed by atoms with Crippen LogP contribution < -0.4 is 0 Å². The first-order chi connectivity index (χ1) is 10.9. The largest absolute Gasteiger partial charge is 0.416 e. The highest BCUT2D eigenvalue weighted by molar-refractivity contribution is 6.17. The molecule has 0 aliphatic heterocycles. The van der Waals surface area contributed by atoms with Crippen LogP contribution in [0.2, 0.25) is 0 Å². The second-order valence-electron chi connectivity index (χ2n) is 4.55. The fraction of sp³-hybridized carbons (Fsp3) is 0.188. The zero-order valence-electron chi connectivity index (χ0n) is 12.1. The zero-order chi connectivity index (χ0) is 17.0. The van der Waals surface area contributed by atoms with Gasteiger partial charge in [0.1, 0.15) is 11.3 Å². The van der Waals surface area contributed by atoms with E-state index in [2.05, 4.69) is 5.10 Å². The summed E-state index contributed by atoms with van der Waals surface area (Å²) in [6.07, 6.45) is -2.92. The number of rotatable bonds is 1. The molecule has 0 unspecified atom stereocenters. The van der Waals surface area contributed by atoms with Gasteiger partial charge >= 0.3 is 6.18 Å². The van der Waals surface area contributed by atoms with Gasteiger partial charge in [-0.2, -0.15) is 18.3 Å². The quantitative estimate of drug-likeness (QED) is 0.425. The molecule has 1 heterocycles. The molecule has 0 fully saturated rings. The number of halogens is 5. The van der Waals surface area contributed by atoms with E-state index in [1.165, 1.54) is 29.1 Å². The number of alkyl halides is 4. The molecule has 0 aliphatic carbocycles. The minimum Gasteiger partial charge on any atom is -0.230 e. The standard InChI is InChI=1S/C14H8F4N2.C2H5Cl/c15-12-3-1-2-9-8-19-20(13(9)12)11-6-4-10(5-7-11)14(16,17)18;1-2-3/h1-8H;2H2,1H3. The van der Waals surface area contributed by atoms with Gasteiger partial charge in [-0.3, -0.25) is 0 Å². The maximum absolute atomic E-state index is 13.8. The van der Waals surface area contributed by atoms with Gasteiger partial charge < -0.3 is 0 Å². The number of fused-ring (bicyclic) bond motifs is 1. The smallest absolute Gasteiger partial charge is 0.230 e. The summed E-state index contributed by atoms with van der Waals surface area (Å²) in [5.74, 6) is 0.250. The first-order valence-electron chi connectivity index (χ1n) is 6.74. The number of benzene rings is 2. The lowest BCUT2D eigenvalue weighted by molar-refractivity contribution is -0.137. The van der Waals surface area contributed by atoms with E-state index in [9.17, 15) is 17.6 Å². The molecule has 3 rings (SSSR count). The average Bonchev–Trinajstić information content (AvgIpc) is 2.93. The van der Waals surface area contributed by atoms with Crippen molar-refractivity contribution in [2.45, 2.75) is 13.1 Å². The highest BCUT2D eigenvalue weighted by Gasteiger charge is 2.30. The molecule has 23 heavy (non-hydrogen) atoms. The van der Waals surface area contributed by atoms with Crippen LogP contribution in [0, 0.1) is 5.82 Å². The molecule has 0 spiro atoms. The Kier molecular flexibility index (Phi) is 5.26. The molecule has 0 bridgehead atoms. The third-order valence-electron chi connectivity index (χ3n) is 2.98. The topological polar surface area (TPSA) is 17.8 Å². The van der Waals surface area contributed by atoms with E-state index >= 15 is 0 Å². The summed E-state index contributed by atoms with van der Waals surface area (Å²) in [6.45, 7) is 1.89. The molecule has 0 saturated carbocycles. The minimum absolute atomic E-state index is 0.243. The van der Waals surface area contributed by atoms with Gasteiger partial charge in [0.2, 0.25) is 0 Å². The Balaban J connectivity index is 0.000000595. The lowest BCUT2D eigenvalue weighted by atomic mass is 10.2. The Morgan fingerprint density at radius 1 is 1.09 bits per heavy atom. The van der Waals surface area contributed by atoms with Crippen molar-refractivity contribution in [2.24, 2.45) is 0 Å². The van der Waals surface area contributed by atoms with Crippen LogP contribution in [0.4, 0.5) is 17.6 Å². The average molecular weight is 345 g/mol. The molecule has 2 aromatic carbocycles. The number of hydrogen-bond donors (Lipinski definition) is 0. The van der Waals surface area contributed by atoms with Gasteiger partial charge in [-0.1, -0.05) is 19.1 Å². The van der Waals surface area contributed by atoms with Crippen LogP contribution in [0.5, 0.6) is 0 Å². The minimum atomic E-state index is -4.39. The van der Waals surface area contributed by atoms with E-state index in [-0.39, 0.29) is 5.52 Å². The number of hydrogen-bond acceptors (Lipinski definition) is 1. The van der Waals surface area contributed by atoms with Crippen molar-refractivity contribution < 1.29 is 17.6 Å². The fourth-order valence-corrected chi connectivity index (χ4v) is 2.02. The van der Waals surface area contributed by atoms with E-state index in [4.69, 9.17) is 11.6 Å². The molecule has 0 saturated heterocycles. The highest BCUT2D eigenvalue weighted by atomic mass is 35.5. The van der Waals surface area contributed by atoms with Gasteiger partial charge in [0, 0.05) is 11.3 Å². The highest BCUT2D eigenvalue weighted by Crippen LogP contribution is 2.30. The lowest BCUT2D eigenvalue weighted by Gasteiger charge is -2.08. The first kappa shape index (κ1) is 17.3. The van der Waals surface area contributed by atoms with Crippen molar-refractivity contribution in [3.8, 4) is 5.69 Å². The van der Waals surface area contributed by atoms with Crippen molar-refractivity contribution in [3.05, 3.63) is 60.0 Å². The van der Waals surface area contributed by atoms with Crippen LogP contribution in [0.3, 0.4) is 0 Å². The van der Waals surface area contributed by atoms with Gasteiger partial charge in [0.15, 0.2) is 0 Å². The molecule has 3 aromatic rings. The zero-order valence-corrected chi connectivity index (χ0v) is 12.9. The number of para-hydroxylation sites is 1. The Bertz CT molecular complexity index is 779. The molecule has 0 N–H and O–H groups in total. The predicted molar refractivity (Wildman–Crippen MR) is 82.4 cm³/mol. The van der Waals surface area contributed by atoms with Crippen LogP contribution >= 0.6 is 11.6 Å². The third kappa shape index (κ3) is 3.82. The molecular formula is C16H13ClF4N2. The van der Waals surface area contributed by atoms with Crippen LogP contribution in [-0.2, 0) is 6.18 Å². The van der Waals surface area contributed by atoms with Crippen molar-refractivity contribution in [2.75, 3.05) is 5.88 Å². The molecular weight excluding hydrogens is 332 g/mol. The van der Waals surface area contributed by atoms with Gasteiger partial charge in [-0.05, 0) is 30.3 Å². The van der Waals surface area contributed by atoms with Gasteiger partial charge in [-0.25, -0.2) is 9.07 Å². The number of nitrogens with zero attached hydrogens (tertiary/aromatic N) is 2. The Hall–Kier alpha value is -2.08. The molecule has 0 aliphatic rings. The van der Waals surface area contributed by atoms with Crippen LogP contribution in [0.25, 0.3) is 16.6 Å². The Morgan fingerprint density at radius 3 is 2.26 bits per heavy atom. The summed E-state index contributed by atoms with van der Waals surface area (Å²) in [4.78, 5) is 0. The normalized spacial score (nSPS) is 11.2. The monoisotopic (exact) mass is 344 g/mol. The molecule has 122 valence electrons. The van der Waals surface area contributed by atoms with Crippen molar-refractivity contribution >= 4 is 22.5 Å². The molecule has 0 atom stereocenters. The Labute approximate surface area is 135 Å². The molecule has 2 nitrogen and oxygen atoms in total. The summed E-state index contributed by atoms with van der Waals surface area (Å²) >= 11 is 5.00. The second kappa shape index (κ2) is 7.00. The molecule has 0 amide bonds. The van der Waals surface area contributed by atoms with E-state index in [1.807, 2.05) is 6.92 Å². The van der Waals surface area contributed by atoms with Crippen LogP contribution in [-0.4, -0.2) is 15.7 Å². The van der Waals surface area contributed by atoms with E-state index < -0.39 is 17.6 Å². The second-order valence-corrected chi connectivity index (χ2v) is 5.08. The van der Waals surface area contributed by atoms with Crippen molar-refractivity contribution in [1.82, 2.24) is 9.78 Å². The SMILES string of the molecule is CCCl.Fc1cccc2cnn(-c3ccc(C(F)(F)F)cc3)c12. The summed E-state index contributed by atoms with van der Waals surface area (Å²) in [5.41, 5.74) is -0.136. The molecule has 0 radical (unpaired) electrons. The lowest BCUT2D eigenvalue weighted by Crippen LogP contribution is -2.05. The molecule has 7 heteroatoms.